The van der Waals surface area contributed by atoms with Crippen LogP contribution in [0.4, 0.5) is 0 Å². The minimum Gasteiger partial charge on any atom is -0.439 e. The Morgan fingerprint density at radius 1 is 1.38 bits per heavy atom. The maximum absolute atomic E-state index is 6.09. The molecule has 114 valence electrons. The number of benzene rings is 1. The largest absolute Gasteiger partial charge is 0.439 e. The second kappa shape index (κ2) is 6.50. The molecule has 0 aliphatic heterocycles. The topological polar surface area (TPSA) is 53.1 Å². The predicted molar refractivity (Wildman–Crippen MR) is 86.2 cm³/mol. The van der Waals surface area contributed by atoms with Gasteiger partial charge in [0.25, 0.3) is 0 Å². The third-order valence-electron chi connectivity index (χ3n) is 3.62. The van der Waals surface area contributed by atoms with E-state index < -0.39 is 0 Å². The summed E-state index contributed by atoms with van der Waals surface area (Å²) in [5, 5.41) is 5.15. The molecule has 2 N–H and O–H groups in total. The zero-order chi connectivity index (χ0) is 15.6. The molecule has 1 atom stereocenters. The van der Waals surface area contributed by atoms with Crippen molar-refractivity contribution in [2.45, 2.75) is 39.7 Å². The van der Waals surface area contributed by atoms with Gasteiger partial charge in [0.1, 0.15) is 5.75 Å². The maximum Gasteiger partial charge on any atom is 0.221 e. The highest BCUT2D eigenvalue weighted by Gasteiger charge is 2.18. The average molecular weight is 308 g/mol. The molecule has 5 heteroatoms. The molecule has 0 fully saturated rings. The summed E-state index contributed by atoms with van der Waals surface area (Å²) in [5.41, 5.74) is 9.11. The van der Waals surface area contributed by atoms with E-state index in [0.29, 0.717) is 5.02 Å². The van der Waals surface area contributed by atoms with Crippen LogP contribution in [0, 0.1) is 13.8 Å². The second-order valence-electron chi connectivity index (χ2n) is 5.38. The number of nitrogens with zero attached hydrogens (tertiary/aromatic N) is 2. The van der Waals surface area contributed by atoms with Crippen molar-refractivity contribution in [3.05, 3.63) is 40.0 Å². The van der Waals surface area contributed by atoms with Crippen LogP contribution < -0.4 is 10.5 Å². The van der Waals surface area contributed by atoms with Gasteiger partial charge in [-0.05, 0) is 50.5 Å². The van der Waals surface area contributed by atoms with Gasteiger partial charge in [-0.15, -0.1) is 0 Å². The molecule has 2 aromatic rings. The summed E-state index contributed by atoms with van der Waals surface area (Å²) >= 11 is 5.98. The minimum absolute atomic E-state index is 0.113. The fourth-order valence-corrected chi connectivity index (χ4v) is 2.51. The quantitative estimate of drug-likeness (QED) is 0.915. The van der Waals surface area contributed by atoms with E-state index in [2.05, 4.69) is 12.0 Å². The van der Waals surface area contributed by atoms with Crippen molar-refractivity contribution in [2.24, 2.45) is 12.8 Å². The molecular formula is C16H22ClN3O. The van der Waals surface area contributed by atoms with E-state index in [0.717, 1.165) is 41.3 Å². The Balaban J connectivity index is 2.34. The Bertz CT molecular complexity index is 637. The summed E-state index contributed by atoms with van der Waals surface area (Å²) in [4.78, 5) is 0. The fourth-order valence-electron chi connectivity index (χ4n) is 2.28. The van der Waals surface area contributed by atoms with Crippen molar-refractivity contribution in [3.63, 3.8) is 0 Å². The smallest absolute Gasteiger partial charge is 0.221 e. The Morgan fingerprint density at radius 3 is 2.71 bits per heavy atom. The van der Waals surface area contributed by atoms with Crippen LogP contribution in [0.25, 0.3) is 0 Å². The zero-order valence-electron chi connectivity index (χ0n) is 13.0. The van der Waals surface area contributed by atoms with E-state index in [9.17, 15) is 0 Å². The highest BCUT2D eigenvalue weighted by Crippen LogP contribution is 2.31. The van der Waals surface area contributed by atoms with E-state index in [1.54, 1.807) is 4.68 Å². The number of rotatable bonds is 5. The van der Waals surface area contributed by atoms with Crippen LogP contribution >= 0.6 is 11.6 Å². The Kier molecular flexibility index (Phi) is 4.91. The first-order valence-electron chi connectivity index (χ1n) is 7.14. The van der Waals surface area contributed by atoms with Gasteiger partial charge in [0.05, 0.1) is 5.69 Å². The first-order valence-corrected chi connectivity index (χ1v) is 7.52. The van der Waals surface area contributed by atoms with Crippen molar-refractivity contribution < 1.29 is 4.74 Å². The van der Waals surface area contributed by atoms with Gasteiger partial charge < -0.3 is 10.5 Å². The SMILES string of the molecule is CCC(N)Cc1c(C)nn(C)c1Oc1ccc(Cl)cc1C. The monoisotopic (exact) mass is 307 g/mol. The molecular weight excluding hydrogens is 286 g/mol. The van der Waals surface area contributed by atoms with Gasteiger partial charge in [-0.2, -0.15) is 5.10 Å². The molecule has 0 aliphatic carbocycles. The van der Waals surface area contributed by atoms with Crippen molar-refractivity contribution in [1.29, 1.82) is 0 Å². The van der Waals surface area contributed by atoms with Crippen LogP contribution in [0.1, 0.15) is 30.2 Å². The van der Waals surface area contributed by atoms with Crippen LogP contribution in [0.2, 0.25) is 5.02 Å². The van der Waals surface area contributed by atoms with Gasteiger partial charge in [-0.3, -0.25) is 0 Å². The van der Waals surface area contributed by atoms with Crippen molar-refractivity contribution in [3.8, 4) is 11.6 Å². The molecule has 0 radical (unpaired) electrons. The first kappa shape index (κ1) is 15.9. The Labute approximate surface area is 130 Å². The third kappa shape index (κ3) is 3.57. The Morgan fingerprint density at radius 2 is 2.10 bits per heavy atom. The lowest BCUT2D eigenvalue weighted by molar-refractivity contribution is 0.421. The van der Waals surface area contributed by atoms with Crippen LogP contribution in [0.5, 0.6) is 11.6 Å². The van der Waals surface area contributed by atoms with Crippen LogP contribution in [0.3, 0.4) is 0 Å². The number of aromatic nitrogens is 2. The molecule has 21 heavy (non-hydrogen) atoms. The summed E-state index contributed by atoms with van der Waals surface area (Å²) in [6, 6.07) is 5.70. The summed E-state index contributed by atoms with van der Waals surface area (Å²) in [7, 11) is 1.88. The summed E-state index contributed by atoms with van der Waals surface area (Å²) in [6.45, 7) is 6.04. The molecule has 0 saturated heterocycles. The van der Waals surface area contributed by atoms with Crippen molar-refractivity contribution in [2.75, 3.05) is 0 Å². The molecule has 1 aromatic heterocycles. The molecule has 0 spiro atoms. The van der Waals surface area contributed by atoms with E-state index in [1.165, 1.54) is 0 Å². The van der Waals surface area contributed by atoms with Crippen molar-refractivity contribution >= 4 is 11.6 Å². The third-order valence-corrected chi connectivity index (χ3v) is 3.86. The maximum atomic E-state index is 6.09. The van der Waals surface area contributed by atoms with Gasteiger partial charge in [0.2, 0.25) is 5.88 Å². The van der Waals surface area contributed by atoms with E-state index >= 15 is 0 Å². The number of halogens is 1. The zero-order valence-corrected chi connectivity index (χ0v) is 13.7. The van der Waals surface area contributed by atoms with E-state index in [4.69, 9.17) is 22.1 Å². The normalized spacial score (nSPS) is 12.5. The van der Waals surface area contributed by atoms with Gasteiger partial charge in [-0.1, -0.05) is 18.5 Å². The van der Waals surface area contributed by atoms with Crippen LogP contribution in [-0.4, -0.2) is 15.8 Å². The lowest BCUT2D eigenvalue weighted by atomic mass is 10.1. The van der Waals surface area contributed by atoms with Gasteiger partial charge in [0, 0.05) is 23.7 Å². The highest BCUT2D eigenvalue weighted by molar-refractivity contribution is 6.30. The highest BCUT2D eigenvalue weighted by atomic mass is 35.5. The molecule has 0 aliphatic rings. The summed E-state index contributed by atoms with van der Waals surface area (Å²) in [6.07, 6.45) is 1.69. The van der Waals surface area contributed by atoms with Crippen LogP contribution in [-0.2, 0) is 13.5 Å². The number of aryl methyl sites for hydroxylation is 3. The van der Waals surface area contributed by atoms with Crippen LogP contribution in [0.15, 0.2) is 18.2 Å². The fraction of sp³-hybridized carbons (Fsp3) is 0.438. The average Bonchev–Trinajstić information content (AvgIpc) is 2.68. The molecule has 2 rings (SSSR count). The second-order valence-corrected chi connectivity index (χ2v) is 5.81. The number of ether oxygens (including phenoxy) is 1. The van der Waals surface area contributed by atoms with Gasteiger partial charge in [0.15, 0.2) is 0 Å². The van der Waals surface area contributed by atoms with E-state index in [1.807, 2.05) is 39.1 Å². The number of hydrogen-bond donors (Lipinski definition) is 1. The number of hydrogen-bond acceptors (Lipinski definition) is 3. The Hall–Kier alpha value is -1.52. The minimum atomic E-state index is 0.113. The molecule has 1 heterocycles. The molecule has 1 unspecified atom stereocenters. The summed E-state index contributed by atoms with van der Waals surface area (Å²) < 4.78 is 7.84. The molecule has 0 saturated carbocycles. The predicted octanol–water partition coefficient (Wildman–Crippen LogP) is 3.76. The standard InChI is InChI=1S/C16H22ClN3O/c1-5-13(18)9-14-11(3)19-20(4)16(14)21-15-7-6-12(17)8-10(15)2/h6-8,13H,5,9,18H2,1-4H3. The molecule has 0 amide bonds. The van der Waals surface area contributed by atoms with Gasteiger partial charge in [-0.25, -0.2) is 4.68 Å². The lowest BCUT2D eigenvalue weighted by Crippen LogP contribution is -2.21. The molecule has 1 aromatic carbocycles. The van der Waals surface area contributed by atoms with Gasteiger partial charge >= 0.3 is 0 Å². The molecule has 0 bridgehead atoms. The summed E-state index contributed by atoms with van der Waals surface area (Å²) in [5.74, 6) is 1.54. The van der Waals surface area contributed by atoms with E-state index in [-0.39, 0.29) is 6.04 Å². The molecule has 4 nitrogen and oxygen atoms in total. The first-order chi connectivity index (χ1) is 9.92. The number of nitrogens with two attached hydrogens (primary N) is 1. The van der Waals surface area contributed by atoms with Crippen molar-refractivity contribution in [1.82, 2.24) is 9.78 Å². The lowest BCUT2D eigenvalue weighted by Gasteiger charge is -2.13.